The van der Waals surface area contributed by atoms with E-state index < -0.39 is 35.9 Å². The fraction of sp³-hybridized carbons (Fsp3) is 0.818. The lowest BCUT2D eigenvalue weighted by molar-refractivity contribution is -0.145. The molecule has 0 saturated heterocycles. The van der Waals surface area contributed by atoms with E-state index in [4.69, 9.17) is 4.74 Å². The Hall–Kier alpha value is -1.20. The molecule has 0 aliphatic rings. The van der Waals surface area contributed by atoms with Crippen LogP contribution in [0.25, 0.3) is 0 Å². The Morgan fingerprint density at radius 2 is 1.71 bits per heavy atom. The summed E-state index contributed by atoms with van der Waals surface area (Å²) in [4.78, 5) is 22.2. The molecule has 0 aromatic heterocycles. The van der Waals surface area contributed by atoms with E-state index in [0.717, 1.165) is 0 Å². The highest BCUT2D eigenvalue weighted by molar-refractivity contribution is 5.88. The topological polar surface area (TPSA) is 55.4 Å². The number of halogens is 2. The maximum Gasteiger partial charge on any atom is 0.407 e. The molecule has 0 aromatic rings. The molecule has 17 heavy (non-hydrogen) atoms. The van der Waals surface area contributed by atoms with Gasteiger partial charge in [0.15, 0.2) is 0 Å². The van der Waals surface area contributed by atoms with Gasteiger partial charge < -0.3 is 10.1 Å². The quantitative estimate of drug-likeness (QED) is 0.834. The largest absolute Gasteiger partial charge is 0.444 e. The number of alkyl carbamates (subject to hydrolysis) is 1. The van der Waals surface area contributed by atoms with E-state index in [1.165, 1.54) is 13.8 Å². The maximum absolute atomic E-state index is 13.2. The van der Waals surface area contributed by atoms with Crippen LogP contribution in [-0.2, 0) is 9.53 Å². The molecule has 0 unspecified atom stereocenters. The van der Waals surface area contributed by atoms with Gasteiger partial charge in [0.1, 0.15) is 5.60 Å². The minimum Gasteiger partial charge on any atom is -0.444 e. The molecule has 1 amide bonds. The summed E-state index contributed by atoms with van der Waals surface area (Å²) >= 11 is 0. The number of amides is 1. The number of nitrogens with one attached hydrogen (secondary N) is 1. The van der Waals surface area contributed by atoms with E-state index in [-0.39, 0.29) is 0 Å². The molecular weight excluding hydrogens is 232 g/mol. The Balaban J connectivity index is 4.28. The Morgan fingerprint density at radius 3 is 2.06 bits per heavy atom. The second kappa shape index (κ2) is 5.42. The highest BCUT2D eigenvalue weighted by Crippen LogP contribution is 2.18. The molecule has 0 aliphatic heterocycles. The molecule has 0 fully saturated rings. The molecule has 0 bridgehead atoms. The van der Waals surface area contributed by atoms with Gasteiger partial charge in [-0.3, -0.25) is 4.79 Å². The third kappa shape index (κ3) is 6.19. The van der Waals surface area contributed by atoms with Crippen LogP contribution >= 0.6 is 0 Å². The van der Waals surface area contributed by atoms with Crippen LogP contribution in [-0.4, -0.2) is 29.9 Å². The summed E-state index contributed by atoms with van der Waals surface area (Å²) in [5, 5.41) is 1.88. The van der Waals surface area contributed by atoms with Gasteiger partial charge in [-0.2, -0.15) is 8.78 Å². The number of carbonyl (C=O) groups is 2. The average Bonchev–Trinajstić information content (AvgIpc) is 2.11. The fourth-order valence-electron chi connectivity index (χ4n) is 1.01. The molecule has 0 radical (unpaired) electrons. The van der Waals surface area contributed by atoms with Crippen molar-refractivity contribution in [1.82, 2.24) is 5.32 Å². The molecule has 0 atom stereocenters. The zero-order valence-electron chi connectivity index (χ0n) is 10.8. The summed E-state index contributed by atoms with van der Waals surface area (Å²) in [6.45, 7) is 6.56. The standard InChI is InChI=1S/C11H19F2NO3/c1-7(2)8(15)11(12,13)6-14-9(16)17-10(3,4)5/h7H,6H2,1-5H3,(H,14,16). The molecule has 6 heteroatoms. The normalized spacial score (nSPS) is 12.5. The number of rotatable bonds is 4. The monoisotopic (exact) mass is 251 g/mol. The van der Waals surface area contributed by atoms with Crippen LogP contribution in [0, 0.1) is 5.92 Å². The Morgan fingerprint density at radius 1 is 1.24 bits per heavy atom. The van der Waals surface area contributed by atoms with Gasteiger partial charge in [-0.15, -0.1) is 0 Å². The van der Waals surface area contributed by atoms with Crippen molar-refractivity contribution >= 4 is 11.9 Å². The van der Waals surface area contributed by atoms with Crippen LogP contribution in [0.15, 0.2) is 0 Å². The predicted octanol–water partition coefficient (Wildman–Crippen LogP) is 2.37. The fourth-order valence-corrected chi connectivity index (χ4v) is 1.01. The highest BCUT2D eigenvalue weighted by atomic mass is 19.3. The lowest BCUT2D eigenvalue weighted by Crippen LogP contribution is -2.45. The Kier molecular flexibility index (Phi) is 5.04. The first kappa shape index (κ1) is 15.8. The molecule has 0 rings (SSSR count). The first-order valence-corrected chi connectivity index (χ1v) is 5.34. The van der Waals surface area contributed by atoms with E-state index >= 15 is 0 Å². The molecule has 0 heterocycles. The second-order valence-corrected chi connectivity index (χ2v) is 5.08. The maximum atomic E-state index is 13.2. The second-order valence-electron chi connectivity index (χ2n) is 5.08. The number of ether oxygens (including phenoxy) is 1. The third-order valence-electron chi connectivity index (χ3n) is 1.74. The molecule has 100 valence electrons. The van der Waals surface area contributed by atoms with E-state index in [2.05, 4.69) is 0 Å². The van der Waals surface area contributed by atoms with E-state index in [1.54, 1.807) is 20.8 Å². The molecule has 0 aromatic carbocycles. The van der Waals surface area contributed by atoms with Crippen molar-refractivity contribution in [2.24, 2.45) is 5.92 Å². The van der Waals surface area contributed by atoms with Gasteiger partial charge in [0, 0.05) is 5.92 Å². The van der Waals surface area contributed by atoms with E-state index in [1.807, 2.05) is 5.32 Å². The summed E-state index contributed by atoms with van der Waals surface area (Å²) in [5.74, 6) is -5.55. The minimum absolute atomic E-state index is 0.762. The third-order valence-corrected chi connectivity index (χ3v) is 1.74. The minimum atomic E-state index is -3.56. The van der Waals surface area contributed by atoms with Gasteiger partial charge >= 0.3 is 12.0 Å². The Labute approximate surface area is 99.7 Å². The van der Waals surface area contributed by atoms with Crippen LogP contribution in [0.3, 0.4) is 0 Å². The number of hydrogen-bond donors (Lipinski definition) is 1. The van der Waals surface area contributed by atoms with Crippen molar-refractivity contribution in [3.63, 3.8) is 0 Å². The van der Waals surface area contributed by atoms with Crippen LogP contribution in [0.4, 0.5) is 13.6 Å². The molecular formula is C11H19F2NO3. The molecule has 0 spiro atoms. The van der Waals surface area contributed by atoms with Gasteiger partial charge in [-0.1, -0.05) is 13.8 Å². The van der Waals surface area contributed by atoms with Gasteiger partial charge in [0.05, 0.1) is 6.54 Å². The van der Waals surface area contributed by atoms with Crippen molar-refractivity contribution < 1.29 is 23.1 Å². The summed E-state index contributed by atoms with van der Waals surface area (Å²) < 4.78 is 31.3. The zero-order chi connectivity index (χ0) is 13.9. The van der Waals surface area contributed by atoms with Gasteiger partial charge in [-0.25, -0.2) is 4.79 Å². The lowest BCUT2D eigenvalue weighted by Gasteiger charge is -2.22. The molecule has 4 nitrogen and oxygen atoms in total. The smallest absolute Gasteiger partial charge is 0.407 e. The zero-order valence-corrected chi connectivity index (χ0v) is 10.8. The van der Waals surface area contributed by atoms with E-state index in [0.29, 0.717) is 0 Å². The van der Waals surface area contributed by atoms with Gasteiger partial charge in [0.2, 0.25) is 5.78 Å². The average molecular weight is 251 g/mol. The van der Waals surface area contributed by atoms with Crippen molar-refractivity contribution in [2.75, 3.05) is 6.54 Å². The van der Waals surface area contributed by atoms with Crippen LogP contribution < -0.4 is 5.32 Å². The van der Waals surface area contributed by atoms with E-state index in [9.17, 15) is 18.4 Å². The number of Topliss-reactive ketones (excluding diaryl/α,β-unsaturated/α-hetero) is 1. The molecule has 0 saturated carbocycles. The first-order chi connectivity index (χ1) is 7.46. The number of carbonyl (C=O) groups excluding carboxylic acids is 2. The van der Waals surface area contributed by atoms with Crippen molar-refractivity contribution in [2.45, 2.75) is 46.1 Å². The number of alkyl halides is 2. The predicted molar refractivity (Wildman–Crippen MR) is 59.0 cm³/mol. The van der Waals surface area contributed by atoms with Gasteiger partial charge in [0.25, 0.3) is 0 Å². The SMILES string of the molecule is CC(C)C(=O)C(F)(F)CNC(=O)OC(C)(C)C. The highest BCUT2D eigenvalue weighted by Gasteiger charge is 2.40. The van der Waals surface area contributed by atoms with Crippen LogP contribution in [0.5, 0.6) is 0 Å². The lowest BCUT2D eigenvalue weighted by atomic mass is 10.0. The summed E-state index contributed by atoms with van der Waals surface area (Å²) in [7, 11) is 0. The Bertz CT molecular complexity index is 296. The summed E-state index contributed by atoms with van der Waals surface area (Å²) in [6, 6.07) is 0. The number of ketones is 1. The number of hydrogen-bond acceptors (Lipinski definition) is 3. The van der Waals surface area contributed by atoms with Crippen molar-refractivity contribution in [3.8, 4) is 0 Å². The van der Waals surface area contributed by atoms with Gasteiger partial charge in [-0.05, 0) is 20.8 Å². The van der Waals surface area contributed by atoms with Crippen molar-refractivity contribution in [3.05, 3.63) is 0 Å². The summed E-state index contributed by atoms with van der Waals surface area (Å²) in [5.41, 5.74) is -0.762. The van der Waals surface area contributed by atoms with Crippen LogP contribution in [0.1, 0.15) is 34.6 Å². The molecule has 1 N–H and O–H groups in total. The summed E-state index contributed by atoms with van der Waals surface area (Å²) in [6.07, 6.45) is -0.964. The van der Waals surface area contributed by atoms with Crippen molar-refractivity contribution in [1.29, 1.82) is 0 Å². The molecule has 0 aliphatic carbocycles. The first-order valence-electron chi connectivity index (χ1n) is 5.34. The van der Waals surface area contributed by atoms with Crippen LogP contribution in [0.2, 0.25) is 0 Å².